The van der Waals surface area contributed by atoms with Gasteiger partial charge in [0.05, 0.1) is 6.61 Å². The molecule has 0 radical (unpaired) electrons. The molecule has 4 N–H and O–H groups in total. The lowest BCUT2D eigenvalue weighted by atomic mass is 9.83. The number of esters is 1. The van der Waals surface area contributed by atoms with Crippen molar-refractivity contribution in [3.8, 4) is 11.5 Å². The first-order valence-corrected chi connectivity index (χ1v) is 20.8. The minimum Gasteiger partial charge on any atom is -0.505 e. The number of benzene rings is 1. The maximum Gasteiger partial charge on any atom is 0.585 e. The molecule has 0 amide bonds. The quantitative estimate of drug-likeness (QED) is 0.0669. The largest absolute Gasteiger partial charge is 0.585 e. The summed E-state index contributed by atoms with van der Waals surface area (Å²) < 4.78 is 35.0. The van der Waals surface area contributed by atoms with Crippen molar-refractivity contribution in [3.05, 3.63) is 33.8 Å². The predicted octanol–water partition coefficient (Wildman–Crippen LogP) is 9.49. The SMILES string of the molecule is Cc1c(C)c2c(c(C)c1OP(=O)(O)OC1=C(O)C(C(O)CO)OC1=O)CCC(C)(CCCC(C)CCCC(C)CCCC(C)CCCC(C)C)O2. The van der Waals surface area contributed by atoms with Gasteiger partial charge in [-0.25, -0.2) is 9.36 Å². The van der Waals surface area contributed by atoms with Gasteiger partial charge >= 0.3 is 13.8 Å². The maximum atomic E-state index is 13.1. The van der Waals surface area contributed by atoms with Gasteiger partial charge in [-0.1, -0.05) is 98.8 Å². The third-order valence-electron chi connectivity index (χ3n) is 11.1. The molecule has 0 aromatic heterocycles. The molecule has 7 atom stereocenters. The zero-order chi connectivity index (χ0) is 38.1. The smallest absolute Gasteiger partial charge is 0.505 e. The zero-order valence-corrected chi connectivity index (χ0v) is 33.7. The maximum absolute atomic E-state index is 13.1. The second-order valence-corrected chi connectivity index (χ2v) is 17.7. The number of fused-ring (bicyclic) bond motifs is 1. The number of carbonyl (C=O) groups excluding carboxylic acids is 1. The van der Waals surface area contributed by atoms with Gasteiger partial charge in [0.1, 0.15) is 23.2 Å². The van der Waals surface area contributed by atoms with Crippen molar-refractivity contribution in [2.24, 2.45) is 23.7 Å². The van der Waals surface area contributed by atoms with Crippen LogP contribution in [0.5, 0.6) is 11.5 Å². The van der Waals surface area contributed by atoms with Crippen LogP contribution < -0.4 is 9.26 Å². The summed E-state index contributed by atoms with van der Waals surface area (Å²) >= 11 is 0. The molecule has 51 heavy (non-hydrogen) atoms. The van der Waals surface area contributed by atoms with Crippen LogP contribution in [0.4, 0.5) is 0 Å². The molecule has 0 aliphatic carbocycles. The van der Waals surface area contributed by atoms with Gasteiger partial charge < -0.3 is 33.8 Å². The van der Waals surface area contributed by atoms with Crippen molar-refractivity contribution in [2.75, 3.05) is 6.61 Å². The molecule has 2 aliphatic rings. The number of ether oxygens (including phenoxy) is 2. The molecule has 0 saturated carbocycles. The molecule has 7 unspecified atom stereocenters. The van der Waals surface area contributed by atoms with Crippen LogP contribution in [0.3, 0.4) is 0 Å². The highest BCUT2D eigenvalue weighted by Crippen LogP contribution is 2.52. The lowest BCUT2D eigenvalue weighted by Crippen LogP contribution is -2.37. The number of phosphoric ester groups is 1. The van der Waals surface area contributed by atoms with E-state index in [9.17, 15) is 24.5 Å². The molecule has 1 aromatic carbocycles. The third kappa shape index (κ3) is 12.4. The van der Waals surface area contributed by atoms with Crippen molar-refractivity contribution in [3.63, 3.8) is 0 Å². The molecule has 292 valence electrons. The topological polar surface area (TPSA) is 152 Å². The number of phosphoric acid groups is 1. The Balaban J connectivity index is 1.49. The van der Waals surface area contributed by atoms with E-state index in [-0.39, 0.29) is 11.4 Å². The summed E-state index contributed by atoms with van der Waals surface area (Å²) in [6.45, 7) is 18.6. The van der Waals surface area contributed by atoms with Gasteiger partial charge in [0.25, 0.3) is 5.76 Å². The van der Waals surface area contributed by atoms with Crippen molar-refractivity contribution < 1.29 is 48.1 Å². The van der Waals surface area contributed by atoms with E-state index in [0.717, 1.165) is 53.9 Å². The molecule has 0 bridgehead atoms. The van der Waals surface area contributed by atoms with E-state index in [1.165, 1.54) is 64.2 Å². The highest BCUT2D eigenvalue weighted by Gasteiger charge is 2.45. The average molecular weight is 739 g/mol. The van der Waals surface area contributed by atoms with Crippen LogP contribution in [0.2, 0.25) is 0 Å². The van der Waals surface area contributed by atoms with Gasteiger partial charge in [-0.05, 0) is 93.7 Å². The second-order valence-electron chi connectivity index (χ2n) is 16.4. The second kappa shape index (κ2) is 19.2. The summed E-state index contributed by atoms with van der Waals surface area (Å²) in [6, 6.07) is 0. The van der Waals surface area contributed by atoms with Crippen molar-refractivity contribution in [2.45, 2.75) is 170 Å². The summed E-state index contributed by atoms with van der Waals surface area (Å²) in [5, 5.41) is 29.2. The molecule has 3 rings (SSSR count). The van der Waals surface area contributed by atoms with Crippen LogP contribution in [-0.4, -0.2) is 50.6 Å². The lowest BCUT2D eigenvalue weighted by molar-refractivity contribution is -0.147. The van der Waals surface area contributed by atoms with Gasteiger partial charge in [0.15, 0.2) is 11.9 Å². The van der Waals surface area contributed by atoms with Crippen LogP contribution in [-0.2, 0) is 25.0 Å². The van der Waals surface area contributed by atoms with Gasteiger partial charge in [-0.2, -0.15) is 0 Å². The summed E-state index contributed by atoms with van der Waals surface area (Å²) in [5.41, 5.74) is 2.58. The fourth-order valence-electron chi connectivity index (χ4n) is 7.50. The Morgan fingerprint density at radius 1 is 0.843 bits per heavy atom. The highest BCUT2D eigenvalue weighted by atomic mass is 31.2. The molecule has 0 fully saturated rings. The van der Waals surface area contributed by atoms with E-state index >= 15 is 0 Å². The van der Waals surface area contributed by atoms with E-state index < -0.39 is 44.1 Å². The van der Waals surface area contributed by atoms with Crippen LogP contribution in [0.15, 0.2) is 11.5 Å². The minimum absolute atomic E-state index is 0.137. The fourth-order valence-corrected chi connectivity index (χ4v) is 8.45. The van der Waals surface area contributed by atoms with Crippen molar-refractivity contribution >= 4 is 13.8 Å². The molecular weight excluding hydrogens is 671 g/mol. The third-order valence-corrected chi connectivity index (χ3v) is 11.9. The highest BCUT2D eigenvalue weighted by molar-refractivity contribution is 7.48. The van der Waals surface area contributed by atoms with Crippen LogP contribution in [0.25, 0.3) is 0 Å². The van der Waals surface area contributed by atoms with Crippen molar-refractivity contribution in [1.82, 2.24) is 0 Å². The molecule has 2 aliphatic heterocycles. The van der Waals surface area contributed by atoms with Crippen LogP contribution in [0, 0.1) is 44.4 Å². The number of cyclic esters (lactones) is 1. The molecule has 0 saturated heterocycles. The van der Waals surface area contributed by atoms with E-state index in [0.29, 0.717) is 23.5 Å². The van der Waals surface area contributed by atoms with E-state index in [2.05, 4.69) is 41.5 Å². The number of aliphatic hydroxyl groups excluding tert-OH is 3. The van der Waals surface area contributed by atoms with E-state index in [1.807, 2.05) is 6.92 Å². The first kappa shape index (κ1) is 43.1. The Morgan fingerprint density at radius 3 is 1.90 bits per heavy atom. The molecule has 11 heteroatoms. The Kier molecular flexibility index (Phi) is 16.2. The Labute approximate surface area is 306 Å². The predicted molar refractivity (Wildman–Crippen MR) is 200 cm³/mol. The monoisotopic (exact) mass is 738 g/mol. The Hall–Kier alpha value is -2.26. The molecular formula is C40H67O10P. The zero-order valence-electron chi connectivity index (χ0n) is 32.8. The molecule has 1 aromatic rings. The van der Waals surface area contributed by atoms with Crippen LogP contribution in [0.1, 0.15) is 147 Å². The normalized spacial score (nSPS) is 22.5. The number of carbonyl (C=O) groups is 1. The minimum atomic E-state index is -5.00. The van der Waals surface area contributed by atoms with Crippen molar-refractivity contribution in [1.29, 1.82) is 0 Å². The molecule has 10 nitrogen and oxygen atoms in total. The number of aliphatic hydroxyl groups is 3. The summed E-state index contributed by atoms with van der Waals surface area (Å²) in [5.74, 6) is 0.938. The van der Waals surface area contributed by atoms with Gasteiger partial charge in [-0.3, -0.25) is 4.89 Å². The summed E-state index contributed by atoms with van der Waals surface area (Å²) in [4.78, 5) is 22.8. The van der Waals surface area contributed by atoms with Gasteiger partial charge in [0, 0.05) is 5.56 Å². The lowest BCUT2D eigenvalue weighted by Gasteiger charge is -2.38. The number of hydrogen-bond donors (Lipinski definition) is 4. The standard InChI is InChI=1S/C40H67O10P/c1-25(2)14-10-15-26(3)16-11-17-27(4)18-12-19-28(5)20-13-22-40(9)23-21-32-31(8)35(29(6)30(7)36(32)48-40)49-51(45,46)50-38-34(43)37(33(42)24-41)47-39(38)44/h25-28,33,37,41-43H,10-24H2,1-9H3,(H,45,46). The first-order valence-electron chi connectivity index (χ1n) is 19.3. The molecule has 2 heterocycles. The summed E-state index contributed by atoms with van der Waals surface area (Å²) in [7, 11) is -5.00. The number of rotatable bonds is 22. The van der Waals surface area contributed by atoms with Gasteiger partial charge in [0.2, 0.25) is 0 Å². The Morgan fingerprint density at radius 2 is 1.37 bits per heavy atom. The van der Waals surface area contributed by atoms with E-state index in [1.54, 1.807) is 13.8 Å². The first-order chi connectivity index (χ1) is 23.9. The number of hydrogen-bond acceptors (Lipinski definition) is 9. The van der Waals surface area contributed by atoms with Gasteiger partial charge in [-0.15, -0.1) is 0 Å². The average Bonchev–Trinajstić information content (AvgIpc) is 3.33. The van der Waals surface area contributed by atoms with Crippen LogP contribution >= 0.6 is 7.82 Å². The van der Waals surface area contributed by atoms with E-state index in [4.69, 9.17) is 23.6 Å². The molecule has 0 spiro atoms. The summed E-state index contributed by atoms with van der Waals surface area (Å²) in [6.07, 6.45) is 13.5. The fraction of sp³-hybridized carbons (Fsp3) is 0.775. The Bertz CT molecular complexity index is 1390.